The summed E-state index contributed by atoms with van der Waals surface area (Å²) in [5.41, 5.74) is 4.08. The number of phenols is 1. The molecule has 0 bridgehead atoms. The molecule has 0 atom stereocenters. The van der Waals surface area contributed by atoms with Crippen molar-refractivity contribution in [1.82, 2.24) is 15.2 Å². The van der Waals surface area contributed by atoms with Gasteiger partial charge in [0, 0.05) is 5.56 Å². The summed E-state index contributed by atoms with van der Waals surface area (Å²) < 4.78 is 0.341. The molecule has 1 aromatic carbocycles. The molecule has 4 N–H and O–H groups in total. The quantitative estimate of drug-likeness (QED) is 0.292. The molecule has 0 aliphatic carbocycles. The van der Waals surface area contributed by atoms with E-state index in [0.29, 0.717) is 22.7 Å². The van der Waals surface area contributed by atoms with Crippen LogP contribution in [0.5, 0.6) is 5.75 Å². The number of benzene rings is 1. The van der Waals surface area contributed by atoms with Crippen LogP contribution in [0, 0.1) is 4.77 Å². The average molecular weight is 275 g/mol. The largest absolute Gasteiger partial charge is 0.507 e. The highest BCUT2D eigenvalue weighted by Crippen LogP contribution is 2.21. The maximum Gasteiger partial charge on any atom is 0.238 e. The second kappa shape index (κ2) is 5.96. The van der Waals surface area contributed by atoms with Gasteiger partial charge in [-0.15, -0.1) is 6.58 Å². The van der Waals surface area contributed by atoms with Gasteiger partial charge >= 0.3 is 0 Å². The van der Waals surface area contributed by atoms with Crippen LogP contribution in [0.2, 0.25) is 0 Å². The second-order valence-corrected chi connectivity index (χ2v) is 4.12. The van der Waals surface area contributed by atoms with Crippen LogP contribution in [0.1, 0.15) is 11.1 Å². The lowest BCUT2D eigenvalue weighted by Gasteiger charge is -2.04. The molecule has 0 saturated heterocycles. The Labute approximate surface area is 114 Å². The van der Waals surface area contributed by atoms with E-state index in [1.807, 2.05) is 12.1 Å². The van der Waals surface area contributed by atoms with Gasteiger partial charge in [-0.25, -0.2) is 5.43 Å². The van der Waals surface area contributed by atoms with E-state index >= 15 is 0 Å². The van der Waals surface area contributed by atoms with Gasteiger partial charge in [0.05, 0.1) is 6.21 Å². The Morgan fingerprint density at radius 2 is 2.32 bits per heavy atom. The number of H-pyrrole nitrogens is 2. The molecule has 19 heavy (non-hydrogen) atoms. The van der Waals surface area contributed by atoms with Crippen molar-refractivity contribution in [2.75, 3.05) is 5.43 Å². The molecule has 1 aromatic heterocycles. The minimum absolute atomic E-state index is 0.197. The van der Waals surface area contributed by atoms with E-state index in [1.54, 1.807) is 12.1 Å². The summed E-state index contributed by atoms with van der Waals surface area (Å²) in [5, 5.41) is 19.3. The van der Waals surface area contributed by atoms with Crippen LogP contribution in [-0.2, 0) is 6.42 Å². The first kappa shape index (κ1) is 13.0. The average Bonchev–Trinajstić information content (AvgIpc) is 2.80. The molecule has 7 heteroatoms. The lowest BCUT2D eigenvalue weighted by Crippen LogP contribution is -1.94. The second-order valence-electron chi connectivity index (χ2n) is 3.73. The Hall–Kier alpha value is -2.41. The first-order valence-electron chi connectivity index (χ1n) is 5.56. The van der Waals surface area contributed by atoms with Gasteiger partial charge in [-0.05, 0) is 30.3 Å². The number of hydrazone groups is 1. The number of nitrogens with one attached hydrogen (secondary N) is 3. The molecule has 0 amide bonds. The Morgan fingerprint density at radius 1 is 1.47 bits per heavy atom. The highest BCUT2D eigenvalue weighted by molar-refractivity contribution is 7.71. The van der Waals surface area contributed by atoms with Crippen LogP contribution in [0.25, 0.3) is 0 Å². The molecular formula is C12H13N5OS. The number of hydrogen-bond donors (Lipinski definition) is 4. The number of allylic oxidation sites excluding steroid dienone is 1. The normalized spacial score (nSPS) is 10.7. The van der Waals surface area contributed by atoms with Crippen molar-refractivity contribution in [1.29, 1.82) is 0 Å². The zero-order valence-corrected chi connectivity index (χ0v) is 10.9. The van der Waals surface area contributed by atoms with Crippen molar-refractivity contribution < 1.29 is 5.11 Å². The highest BCUT2D eigenvalue weighted by Gasteiger charge is 2.03. The molecule has 2 rings (SSSR count). The van der Waals surface area contributed by atoms with Crippen molar-refractivity contribution >= 4 is 24.4 Å². The van der Waals surface area contributed by atoms with Gasteiger partial charge in [0.2, 0.25) is 10.7 Å². The van der Waals surface area contributed by atoms with Gasteiger partial charge in [0.15, 0.2) is 0 Å². The summed E-state index contributed by atoms with van der Waals surface area (Å²) in [6.07, 6.45) is 3.85. The molecule has 98 valence electrons. The topological polar surface area (TPSA) is 89.1 Å². The molecule has 0 unspecified atom stereocenters. The van der Waals surface area contributed by atoms with E-state index in [1.165, 1.54) is 6.21 Å². The van der Waals surface area contributed by atoms with E-state index in [4.69, 9.17) is 12.2 Å². The van der Waals surface area contributed by atoms with Crippen molar-refractivity contribution in [2.45, 2.75) is 6.42 Å². The van der Waals surface area contributed by atoms with Crippen molar-refractivity contribution in [3.63, 3.8) is 0 Å². The third-order valence-corrected chi connectivity index (χ3v) is 2.58. The van der Waals surface area contributed by atoms with Crippen molar-refractivity contribution in [3.8, 4) is 5.75 Å². The van der Waals surface area contributed by atoms with E-state index < -0.39 is 0 Å². The minimum atomic E-state index is 0.197. The highest BCUT2D eigenvalue weighted by atomic mass is 32.1. The van der Waals surface area contributed by atoms with Crippen molar-refractivity contribution in [3.05, 3.63) is 46.8 Å². The number of aromatic hydroxyl groups is 1. The van der Waals surface area contributed by atoms with Crippen LogP contribution in [0.3, 0.4) is 0 Å². The van der Waals surface area contributed by atoms with E-state index in [9.17, 15) is 5.11 Å². The number of rotatable bonds is 5. The molecule has 0 aliphatic rings. The molecule has 0 aliphatic heterocycles. The lowest BCUT2D eigenvalue weighted by molar-refractivity contribution is 0.469. The number of hydrogen-bond acceptors (Lipinski definition) is 5. The van der Waals surface area contributed by atoms with Gasteiger partial charge in [0.25, 0.3) is 0 Å². The van der Waals surface area contributed by atoms with E-state index in [2.05, 4.69) is 32.3 Å². The molecule has 0 saturated carbocycles. The smallest absolute Gasteiger partial charge is 0.238 e. The predicted molar refractivity (Wildman–Crippen MR) is 77.0 cm³/mol. The maximum absolute atomic E-state index is 10.0. The number of aromatic nitrogens is 3. The number of phenolic OH excluding ortho intramolecular Hbond substituents is 1. The molecule has 6 nitrogen and oxygen atoms in total. The maximum atomic E-state index is 10.0. The van der Waals surface area contributed by atoms with E-state index in [-0.39, 0.29) is 5.75 Å². The standard InChI is InChI=1S/C12H13N5OS/c1-2-4-8-5-3-6-9(10(8)18)7-13-15-11-14-12(19)17-16-11/h2-3,5-7,18H,1,4H2,(H3,14,15,16,17,19)/b13-7-. The number of para-hydroxylation sites is 1. The van der Waals surface area contributed by atoms with Crippen LogP contribution in [-0.4, -0.2) is 26.5 Å². The van der Waals surface area contributed by atoms with Crippen LogP contribution in [0.15, 0.2) is 36.0 Å². The third kappa shape index (κ3) is 3.29. The summed E-state index contributed by atoms with van der Waals surface area (Å²) >= 11 is 4.80. The fourth-order valence-electron chi connectivity index (χ4n) is 1.52. The number of nitrogens with zero attached hydrogens (tertiary/aromatic N) is 2. The fourth-order valence-corrected chi connectivity index (χ4v) is 1.66. The lowest BCUT2D eigenvalue weighted by atomic mass is 10.1. The molecular weight excluding hydrogens is 262 g/mol. The van der Waals surface area contributed by atoms with Crippen LogP contribution < -0.4 is 5.43 Å². The summed E-state index contributed by atoms with van der Waals surface area (Å²) in [5.74, 6) is 0.603. The number of anilines is 1. The van der Waals surface area contributed by atoms with Gasteiger partial charge in [-0.1, -0.05) is 18.2 Å². The first-order chi connectivity index (χ1) is 9.20. The summed E-state index contributed by atoms with van der Waals surface area (Å²) in [6.45, 7) is 3.65. The Balaban J connectivity index is 2.12. The molecule has 0 radical (unpaired) electrons. The Morgan fingerprint density at radius 3 is 3.00 bits per heavy atom. The van der Waals surface area contributed by atoms with Crippen LogP contribution in [0.4, 0.5) is 5.95 Å². The van der Waals surface area contributed by atoms with Gasteiger partial charge in [0.1, 0.15) is 5.75 Å². The summed E-state index contributed by atoms with van der Waals surface area (Å²) in [4.78, 5) is 3.91. The van der Waals surface area contributed by atoms with Gasteiger partial charge in [-0.2, -0.15) is 10.1 Å². The summed E-state index contributed by atoms with van der Waals surface area (Å²) in [6, 6.07) is 5.45. The first-order valence-corrected chi connectivity index (χ1v) is 5.97. The van der Waals surface area contributed by atoms with Crippen molar-refractivity contribution in [2.24, 2.45) is 5.10 Å². The third-order valence-electron chi connectivity index (χ3n) is 2.39. The molecule has 0 spiro atoms. The zero-order chi connectivity index (χ0) is 13.7. The van der Waals surface area contributed by atoms with Crippen LogP contribution >= 0.6 is 12.2 Å². The minimum Gasteiger partial charge on any atom is -0.507 e. The Bertz CT molecular complexity index is 658. The fraction of sp³-hybridized carbons (Fsp3) is 0.0833. The van der Waals surface area contributed by atoms with E-state index in [0.717, 1.165) is 5.56 Å². The molecule has 1 heterocycles. The molecule has 0 fully saturated rings. The number of aromatic amines is 2. The van der Waals surface area contributed by atoms with Gasteiger partial charge < -0.3 is 5.11 Å². The predicted octanol–water partition coefficient (Wildman–Crippen LogP) is 2.35. The molecule has 2 aromatic rings. The monoisotopic (exact) mass is 275 g/mol. The Kier molecular flexibility index (Phi) is 4.09. The summed E-state index contributed by atoms with van der Waals surface area (Å²) in [7, 11) is 0. The van der Waals surface area contributed by atoms with Gasteiger partial charge in [-0.3, -0.25) is 10.2 Å². The SMILES string of the molecule is C=CCc1cccc(/C=N\Nc2nc(=S)[nH][nH]2)c1O. The zero-order valence-electron chi connectivity index (χ0n) is 10.1.